The Labute approximate surface area is 114 Å². The van der Waals surface area contributed by atoms with Crippen molar-refractivity contribution in [1.82, 2.24) is 5.32 Å². The van der Waals surface area contributed by atoms with Crippen LogP contribution in [0.1, 0.15) is 17.5 Å². The molecule has 1 fully saturated rings. The van der Waals surface area contributed by atoms with Gasteiger partial charge in [-0.05, 0) is 31.0 Å². The average molecular weight is 262 g/mol. The lowest BCUT2D eigenvalue weighted by atomic mass is 10.0. The number of ether oxygens (including phenoxy) is 1. The van der Waals surface area contributed by atoms with E-state index in [1.807, 2.05) is 0 Å². The largest absolute Gasteiger partial charge is 0.469 e. The lowest BCUT2D eigenvalue weighted by Crippen LogP contribution is -2.52. The number of piperazine rings is 1. The highest BCUT2D eigenvalue weighted by molar-refractivity contribution is 5.71. The number of aryl methyl sites for hydroxylation is 2. The van der Waals surface area contributed by atoms with Gasteiger partial charge in [-0.1, -0.05) is 12.1 Å². The monoisotopic (exact) mass is 262 g/mol. The average Bonchev–Trinajstić information content (AvgIpc) is 2.42. The summed E-state index contributed by atoms with van der Waals surface area (Å²) in [5.41, 5.74) is 3.73. The molecule has 1 atom stereocenters. The van der Waals surface area contributed by atoms with Crippen molar-refractivity contribution in [2.45, 2.75) is 26.3 Å². The molecule has 1 aromatic rings. The molecule has 19 heavy (non-hydrogen) atoms. The molecule has 0 spiro atoms. The van der Waals surface area contributed by atoms with Crippen LogP contribution in [0.2, 0.25) is 0 Å². The molecule has 4 heteroatoms. The molecule has 0 amide bonds. The maximum Gasteiger partial charge on any atom is 0.307 e. The Morgan fingerprint density at radius 3 is 3.00 bits per heavy atom. The Morgan fingerprint density at radius 2 is 2.26 bits per heavy atom. The van der Waals surface area contributed by atoms with Crippen LogP contribution >= 0.6 is 0 Å². The summed E-state index contributed by atoms with van der Waals surface area (Å²) in [5.74, 6) is -0.149. The predicted molar refractivity (Wildman–Crippen MR) is 76.6 cm³/mol. The molecule has 1 heterocycles. The second-order valence-electron chi connectivity index (χ2n) is 5.12. The molecule has 0 radical (unpaired) electrons. The zero-order valence-electron chi connectivity index (χ0n) is 11.9. The number of carbonyl (C=O) groups is 1. The summed E-state index contributed by atoms with van der Waals surface area (Å²) in [6.07, 6.45) is 0.427. The van der Waals surface area contributed by atoms with Gasteiger partial charge in [0.25, 0.3) is 0 Å². The van der Waals surface area contributed by atoms with Gasteiger partial charge < -0.3 is 15.0 Å². The number of anilines is 1. The van der Waals surface area contributed by atoms with E-state index in [0.29, 0.717) is 6.42 Å². The third kappa shape index (κ3) is 3.26. The van der Waals surface area contributed by atoms with Crippen molar-refractivity contribution < 1.29 is 9.53 Å². The fourth-order valence-electron chi connectivity index (χ4n) is 2.57. The third-order valence-electron chi connectivity index (χ3n) is 3.65. The number of benzene rings is 1. The summed E-state index contributed by atoms with van der Waals surface area (Å²) in [5, 5.41) is 3.35. The quantitative estimate of drug-likeness (QED) is 0.841. The van der Waals surface area contributed by atoms with Gasteiger partial charge in [-0.25, -0.2) is 0 Å². The van der Waals surface area contributed by atoms with E-state index in [9.17, 15) is 4.79 Å². The summed E-state index contributed by atoms with van der Waals surface area (Å²) in [6.45, 7) is 6.91. The van der Waals surface area contributed by atoms with Crippen LogP contribution in [0, 0.1) is 13.8 Å². The summed E-state index contributed by atoms with van der Waals surface area (Å²) in [7, 11) is 1.45. The molecule has 0 bridgehead atoms. The molecule has 2 rings (SSSR count). The molecule has 4 nitrogen and oxygen atoms in total. The molecule has 1 saturated heterocycles. The van der Waals surface area contributed by atoms with Crippen LogP contribution in [0.4, 0.5) is 5.69 Å². The fourth-order valence-corrected chi connectivity index (χ4v) is 2.57. The molecule has 1 aliphatic rings. The molecule has 1 unspecified atom stereocenters. The van der Waals surface area contributed by atoms with Gasteiger partial charge in [-0.15, -0.1) is 0 Å². The first-order valence-electron chi connectivity index (χ1n) is 6.73. The molecular weight excluding hydrogens is 240 g/mol. The Balaban J connectivity index is 2.23. The SMILES string of the molecule is COC(=O)CC1CNCCN1c1cc(C)ccc1C. The number of rotatable bonds is 3. The minimum absolute atomic E-state index is 0.149. The molecule has 1 aromatic carbocycles. The maximum atomic E-state index is 11.5. The third-order valence-corrected chi connectivity index (χ3v) is 3.65. The lowest BCUT2D eigenvalue weighted by molar-refractivity contribution is -0.141. The van der Waals surface area contributed by atoms with E-state index in [2.05, 4.69) is 42.3 Å². The second kappa shape index (κ2) is 6.06. The van der Waals surface area contributed by atoms with Crippen LogP contribution in [0.15, 0.2) is 18.2 Å². The van der Waals surface area contributed by atoms with E-state index in [1.54, 1.807) is 0 Å². The fraction of sp³-hybridized carbons (Fsp3) is 0.533. The van der Waals surface area contributed by atoms with Crippen molar-refractivity contribution >= 4 is 11.7 Å². The first-order chi connectivity index (χ1) is 9.11. The Hall–Kier alpha value is -1.55. The van der Waals surface area contributed by atoms with Gasteiger partial charge in [-0.2, -0.15) is 0 Å². The van der Waals surface area contributed by atoms with Crippen LogP contribution in [-0.2, 0) is 9.53 Å². The van der Waals surface area contributed by atoms with Gasteiger partial charge >= 0.3 is 5.97 Å². The first-order valence-corrected chi connectivity index (χ1v) is 6.73. The Kier molecular flexibility index (Phi) is 4.43. The minimum atomic E-state index is -0.149. The van der Waals surface area contributed by atoms with Gasteiger partial charge in [0.05, 0.1) is 19.6 Å². The Morgan fingerprint density at radius 1 is 1.47 bits per heavy atom. The summed E-state index contributed by atoms with van der Waals surface area (Å²) < 4.78 is 4.80. The van der Waals surface area contributed by atoms with Crippen LogP contribution in [-0.4, -0.2) is 38.8 Å². The molecule has 0 aromatic heterocycles. The molecule has 1 N–H and O–H groups in total. The van der Waals surface area contributed by atoms with Crippen molar-refractivity contribution in [3.63, 3.8) is 0 Å². The first kappa shape index (κ1) is 13.9. The maximum absolute atomic E-state index is 11.5. The van der Waals surface area contributed by atoms with Crippen LogP contribution in [0.5, 0.6) is 0 Å². The van der Waals surface area contributed by atoms with Crippen molar-refractivity contribution in [2.24, 2.45) is 0 Å². The number of nitrogens with one attached hydrogen (secondary N) is 1. The van der Waals surface area contributed by atoms with E-state index in [1.165, 1.54) is 23.9 Å². The van der Waals surface area contributed by atoms with Gasteiger partial charge in [-0.3, -0.25) is 4.79 Å². The second-order valence-corrected chi connectivity index (χ2v) is 5.12. The van der Waals surface area contributed by atoms with Crippen LogP contribution in [0.25, 0.3) is 0 Å². The van der Waals surface area contributed by atoms with Crippen molar-refractivity contribution in [3.05, 3.63) is 29.3 Å². The molecular formula is C15H22N2O2. The van der Waals surface area contributed by atoms with Gasteiger partial charge in [0.2, 0.25) is 0 Å². The van der Waals surface area contributed by atoms with Crippen LogP contribution < -0.4 is 10.2 Å². The number of hydrogen-bond acceptors (Lipinski definition) is 4. The zero-order valence-corrected chi connectivity index (χ0v) is 11.9. The molecule has 0 aliphatic carbocycles. The summed E-state index contributed by atoms with van der Waals surface area (Å²) in [6, 6.07) is 6.63. The van der Waals surface area contributed by atoms with Crippen molar-refractivity contribution in [1.29, 1.82) is 0 Å². The zero-order chi connectivity index (χ0) is 13.8. The van der Waals surface area contributed by atoms with Crippen molar-refractivity contribution in [2.75, 3.05) is 31.6 Å². The summed E-state index contributed by atoms with van der Waals surface area (Å²) >= 11 is 0. The molecule has 1 aliphatic heterocycles. The highest BCUT2D eigenvalue weighted by Gasteiger charge is 2.26. The smallest absolute Gasteiger partial charge is 0.307 e. The normalized spacial score (nSPS) is 19.3. The highest BCUT2D eigenvalue weighted by atomic mass is 16.5. The van der Waals surface area contributed by atoms with Crippen LogP contribution in [0.3, 0.4) is 0 Å². The number of nitrogens with zero attached hydrogens (tertiary/aromatic N) is 1. The van der Waals surface area contributed by atoms with Gasteiger partial charge in [0, 0.05) is 25.3 Å². The van der Waals surface area contributed by atoms with E-state index in [0.717, 1.165) is 19.6 Å². The summed E-state index contributed by atoms with van der Waals surface area (Å²) in [4.78, 5) is 13.9. The highest BCUT2D eigenvalue weighted by Crippen LogP contribution is 2.25. The van der Waals surface area contributed by atoms with Gasteiger partial charge in [0.1, 0.15) is 0 Å². The standard InChI is InChI=1S/C15H22N2O2/c1-11-4-5-12(2)14(8-11)17-7-6-16-10-13(17)9-15(18)19-3/h4-5,8,13,16H,6-7,9-10H2,1-3H3. The molecule has 104 valence electrons. The van der Waals surface area contributed by atoms with E-state index in [-0.39, 0.29) is 12.0 Å². The minimum Gasteiger partial charge on any atom is -0.469 e. The number of hydrogen-bond donors (Lipinski definition) is 1. The van der Waals surface area contributed by atoms with E-state index >= 15 is 0 Å². The number of esters is 1. The Bertz CT molecular complexity index is 459. The van der Waals surface area contributed by atoms with Gasteiger partial charge in [0.15, 0.2) is 0 Å². The number of carbonyl (C=O) groups excluding carboxylic acids is 1. The molecule has 0 saturated carbocycles. The van der Waals surface area contributed by atoms with Crippen molar-refractivity contribution in [3.8, 4) is 0 Å². The number of methoxy groups -OCH3 is 1. The van der Waals surface area contributed by atoms with E-state index in [4.69, 9.17) is 4.74 Å². The lowest BCUT2D eigenvalue weighted by Gasteiger charge is -2.38. The predicted octanol–water partition coefficient (Wildman–Crippen LogP) is 1.64. The van der Waals surface area contributed by atoms with E-state index < -0.39 is 0 Å². The topological polar surface area (TPSA) is 41.6 Å².